The number of thioether (sulfide) groups is 1. The monoisotopic (exact) mass is 349 g/mol. The normalized spacial score (nSPS) is 13.8. The van der Waals surface area contributed by atoms with Crippen molar-refractivity contribution in [3.63, 3.8) is 0 Å². The molecule has 0 atom stereocenters. The number of anilines is 1. The number of carbonyl (C=O) groups is 5. The third-order valence-corrected chi connectivity index (χ3v) is 4.08. The summed E-state index contributed by atoms with van der Waals surface area (Å²) in [5.41, 5.74) is 0.872. The van der Waals surface area contributed by atoms with Gasteiger partial charge in [-0.3, -0.25) is 28.9 Å². The summed E-state index contributed by atoms with van der Waals surface area (Å²) in [6, 6.07) is 6.11. The summed E-state index contributed by atoms with van der Waals surface area (Å²) < 4.78 is 0. The molecule has 1 aliphatic heterocycles. The summed E-state index contributed by atoms with van der Waals surface area (Å²) in [6.07, 6.45) is 0. The smallest absolute Gasteiger partial charge is 0.313 e. The van der Waals surface area contributed by atoms with Gasteiger partial charge in [-0.25, -0.2) is 0 Å². The topological polar surface area (TPSA) is 113 Å². The molecular formula is C15H15N3O5S. The van der Waals surface area contributed by atoms with Gasteiger partial charge >= 0.3 is 11.8 Å². The minimum Gasteiger partial charge on any atom is -0.346 e. The largest absolute Gasteiger partial charge is 0.346 e. The van der Waals surface area contributed by atoms with Crippen molar-refractivity contribution < 1.29 is 24.0 Å². The first-order valence-corrected chi connectivity index (χ1v) is 8.04. The van der Waals surface area contributed by atoms with E-state index in [1.807, 2.05) is 0 Å². The molecule has 1 fully saturated rings. The summed E-state index contributed by atoms with van der Waals surface area (Å²) in [7, 11) is 0. The molecule has 1 aromatic rings. The molecule has 0 aliphatic carbocycles. The van der Waals surface area contributed by atoms with Crippen LogP contribution in [0, 0.1) is 0 Å². The molecule has 0 spiro atoms. The Morgan fingerprint density at radius 1 is 1.12 bits per heavy atom. The number of nitrogens with zero attached hydrogens (tertiary/aromatic N) is 1. The number of hydrogen-bond acceptors (Lipinski definition) is 6. The molecule has 2 N–H and O–H groups in total. The van der Waals surface area contributed by atoms with Gasteiger partial charge in [-0.1, -0.05) is 11.8 Å². The number of Topliss-reactive ketones (excluding diaryl/α,β-unsaturated/α-hetero) is 1. The summed E-state index contributed by atoms with van der Waals surface area (Å²) in [5.74, 6) is -2.07. The van der Waals surface area contributed by atoms with Crippen LogP contribution in [0.15, 0.2) is 24.3 Å². The number of ketones is 1. The molecule has 126 valence electrons. The third kappa shape index (κ3) is 4.42. The number of imide groups is 1. The van der Waals surface area contributed by atoms with Gasteiger partial charge in [0, 0.05) is 24.3 Å². The van der Waals surface area contributed by atoms with Crippen molar-refractivity contribution in [2.45, 2.75) is 6.92 Å². The predicted molar refractivity (Wildman–Crippen MR) is 87.7 cm³/mol. The Morgan fingerprint density at radius 2 is 1.79 bits per heavy atom. The van der Waals surface area contributed by atoms with E-state index in [4.69, 9.17) is 0 Å². The van der Waals surface area contributed by atoms with Crippen LogP contribution in [-0.4, -0.2) is 52.5 Å². The quantitative estimate of drug-likeness (QED) is 0.596. The van der Waals surface area contributed by atoms with Gasteiger partial charge in [0.2, 0.25) is 5.91 Å². The van der Waals surface area contributed by atoms with Crippen molar-refractivity contribution in [1.29, 1.82) is 0 Å². The molecule has 4 amide bonds. The van der Waals surface area contributed by atoms with Gasteiger partial charge < -0.3 is 10.6 Å². The Labute approximate surface area is 142 Å². The Balaban J connectivity index is 1.79. The Morgan fingerprint density at radius 3 is 2.33 bits per heavy atom. The Bertz CT molecular complexity index is 686. The third-order valence-electron chi connectivity index (χ3n) is 3.22. The maximum Gasteiger partial charge on any atom is 0.313 e. The van der Waals surface area contributed by atoms with E-state index in [9.17, 15) is 24.0 Å². The summed E-state index contributed by atoms with van der Waals surface area (Å²) in [6.45, 7) is 1.44. The zero-order chi connectivity index (χ0) is 17.7. The van der Waals surface area contributed by atoms with Crippen molar-refractivity contribution in [2.75, 3.05) is 24.2 Å². The van der Waals surface area contributed by atoms with Crippen LogP contribution in [-0.2, 0) is 14.4 Å². The van der Waals surface area contributed by atoms with E-state index in [-0.39, 0.29) is 35.8 Å². The fourth-order valence-electron chi connectivity index (χ4n) is 1.93. The van der Waals surface area contributed by atoms with E-state index in [0.29, 0.717) is 11.3 Å². The highest BCUT2D eigenvalue weighted by Gasteiger charge is 2.29. The fourth-order valence-corrected chi connectivity index (χ4v) is 2.69. The van der Waals surface area contributed by atoms with E-state index in [1.165, 1.54) is 31.2 Å². The zero-order valence-corrected chi connectivity index (χ0v) is 13.6. The van der Waals surface area contributed by atoms with Crippen LogP contribution < -0.4 is 10.6 Å². The summed E-state index contributed by atoms with van der Waals surface area (Å²) in [4.78, 5) is 58.4. The van der Waals surface area contributed by atoms with Gasteiger partial charge in [0.1, 0.15) is 0 Å². The Kier molecular flexibility index (Phi) is 5.69. The highest BCUT2D eigenvalue weighted by atomic mass is 32.2. The highest BCUT2D eigenvalue weighted by Crippen LogP contribution is 2.17. The standard InChI is InChI=1S/C15H15N3O5S/c1-9(19)10-2-4-11(5-3-10)17-14(22)13(21)16-6-7-18-12(20)8-24-15(18)23/h2-5H,6-8H2,1H3,(H,16,21)(H,17,22). The summed E-state index contributed by atoms with van der Waals surface area (Å²) in [5, 5.41) is 4.37. The second-order valence-corrected chi connectivity index (χ2v) is 5.87. The number of carbonyl (C=O) groups excluding carboxylic acids is 5. The van der Waals surface area contributed by atoms with Crippen LogP contribution in [0.1, 0.15) is 17.3 Å². The van der Waals surface area contributed by atoms with E-state index in [2.05, 4.69) is 10.6 Å². The first kappa shape index (κ1) is 17.7. The number of rotatable bonds is 5. The van der Waals surface area contributed by atoms with Crippen LogP contribution in [0.2, 0.25) is 0 Å². The molecule has 24 heavy (non-hydrogen) atoms. The minimum atomic E-state index is -0.877. The average Bonchev–Trinajstić information content (AvgIpc) is 2.87. The van der Waals surface area contributed by atoms with Gasteiger partial charge in [-0.05, 0) is 31.2 Å². The molecular weight excluding hydrogens is 334 g/mol. The molecule has 8 nitrogen and oxygen atoms in total. The molecule has 0 saturated carbocycles. The van der Waals surface area contributed by atoms with E-state index < -0.39 is 11.8 Å². The SMILES string of the molecule is CC(=O)c1ccc(NC(=O)C(=O)NCCN2C(=O)CSC2=O)cc1. The average molecular weight is 349 g/mol. The lowest BCUT2D eigenvalue weighted by atomic mass is 10.1. The Hall–Kier alpha value is -2.68. The van der Waals surface area contributed by atoms with Crippen molar-refractivity contribution in [1.82, 2.24) is 10.2 Å². The molecule has 2 rings (SSSR count). The number of benzene rings is 1. The minimum absolute atomic E-state index is 0.00638. The molecule has 0 aromatic heterocycles. The lowest BCUT2D eigenvalue weighted by Crippen LogP contribution is -2.41. The molecule has 0 radical (unpaired) electrons. The van der Waals surface area contributed by atoms with Crippen LogP contribution in [0.4, 0.5) is 10.5 Å². The van der Waals surface area contributed by atoms with Gasteiger partial charge in [-0.2, -0.15) is 0 Å². The van der Waals surface area contributed by atoms with Gasteiger partial charge in [0.15, 0.2) is 5.78 Å². The molecule has 1 aromatic carbocycles. The fraction of sp³-hybridized carbons (Fsp3) is 0.267. The number of hydrogen-bond donors (Lipinski definition) is 2. The van der Waals surface area contributed by atoms with Gasteiger partial charge in [0.05, 0.1) is 5.75 Å². The van der Waals surface area contributed by atoms with Crippen molar-refractivity contribution in [2.24, 2.45) is 0 Å². The van der Waals surface area contributed by atoms with Crippen LogP contribution in [0.5, 0.6) is 0 Å². The lowest BCUT2D eigenvalue weighted by Gasteiger charge is -2.13. The van der Waals surface area contributed by atoms with Crippen molar-refractivity contribution in [3.8, 4) is 0 Å². The molecule has 0 unspecified atom stereocenters. The zero-order valence-electron chi connectivity index (χ0n) is 12.8. The molecule has 1 saturated heterocycles. The van der Waals surface area contributed by atoms with Crippen LogP contribution in [0.25, 0.3) is 0 Å². The first-order chi connectivity index (χ1) is 11.4. The first-order valence-electron chi connectivity index (χ1n) is 7.06. The van der Waals surface area contributed by atoms with E-state index in [1.54, 1.807) is 0 Å². The van der Waals surface area contributed by atoms with E-state index in [0.717, 1.165) is 16.7 Å². The van der Waals surface area contributed by atoms with Crippen molar-refractivity contribution in [3.05, 3.63) is 29.8 Å². The lowest BCUT2D eigenvalue weighted by molar-refractivity contribution is -0.136. The molecule has 1 heterocycles. The molecule has 1 aliphatic rings. The number of amides is 4. The van der Waals surface area contributed by atoms with E-state index >= 15 is 0 Å². The number of nitrogens with one attached hydrogen (secondary N) is 2. The van der Waals surface area contributed by atoms with Gasteiger partial charge in [0.25, 0.3) is 5.24 Å². The second kappa shape index (κ2) is 7.73. The maximum atomic E-state index is 11.7. The second-order valence-electron chi connectivity index (χ2n) is 4.94. The molecule has 0 bridgehead atoms. The predicted octanol–water partition coefficient (Wildman–Crippen LogP) is 0.639. The highest BCUT2D eigenvalue weighted by molar-refractivity contribution is 8.14. The van der Waals surface area contributed by atoms with Crippen molar-refractivity contribution >= 4 is 46.2 Å². The van der Waals surface area contributed by atoms with Gasteiger partial charge in [-0.15, -0.1) is 0 Å². The van der Waals surface area contributed by atoms with Crippen LogP contribution in [0.3, 0.4) is 0 Å². The molecule has 9 heteroatoms. The van der Waals surface area contributed by atoms with Crippen LogP contribution >= 0.6 is 11.8 Å². The maximum absolute atomic E-state index is 11.7. The summed E-state index contributed by atoms with van der Waals surface area (Å²) >= 11 is 0.905.